The minimum Gasteiger partial charge on any atom is -0.480 e. The maximum absolute atomic E-state index is 10.4. The number of carboxylic acids is 1. The van der Waals surface area contributed by atoms with Crippen LogP contribution in [0, 0.1) is 0 Å². The predicted molar refractivity (Wildman–Crippen MR) is 41.1 cm³/mol. The first-order valence-corrected chi connectivity index (χ1v) is 3.63. The van der Waals surface area contributed by atoms with Gasteiger partial charge in [-0.25, -0.2) is 4.79 Å². The standard InChI is InChI=1S/C6H9N3O4/c7-3(5(10)11)1-2-4-8-6(12)13-9-4/h3H,1-2,7H2,(H,10,11)(H,8,9,12). The predicted octanol–water partition coefficient (Wildman–Crippen LogP) is -1.29. The van der Waals surface area contributed by atoms with Crippen molar-refractivity contribution >= 4 is 5.97 Å². The van der Waals surface area contributed by atoms with Gasteiger partial charge in [-0.3, -0.25) is 14.3 Å². The second-order valence-electron chi connectivity index (χ2n) is 2.53. The molecule has 72 valence electrons. The second-order valence-corrected chi connectivity index (χ2v) is 2.53. The molecule has 0 fully saturated rings. The highest BCUT2D eigenvalue weighted by atomic mass is 16.5. The number of nitrogens with two attached hydrogens (primary N) is 1. The Balaban J connectivity index is 2.43. The lowest BCUT2D eigenvalue weighted by molar-refractivity contribution is -0.138. The van der Waals surface area contributed by atoms with E-state index in [9.17, 15) is 9.59 Å². The Morgan fingerprint density at radius 2 is 2.46 bits per heavy atom. The van der Waals surface area contributed by atoms with Crippen molar-refractivity contribution < 1.29 is 14.4 Å². The third-order valence-corrected chi connectivity index (χ3v) is 1.49. The van der Waals surface area contributed by atoms with Crippen molar-refractivity contribution in [3.63, 3.8) is 0 Å². The van der Waals surface area contributed by atoms with Gasteiger partial charge in [-0.2, -0.15) is 0 Å². The number of nitrogens with zero attached hydrogens (tertiary/aromatic N) is 1. The highest BCUT2D eigenvalue weighted by Gasteiger charge is 2.12. The summed E-state index contributed by atoms with van der Waals surface area (Å²) in [4.78, 5) is 23.0. The van der Waals surface area contributed by atoms with E-state index < -0.39 is 17.8 Å². The molecule has 0 aliphatic rings. The van der Waals surface area contributed by atoms with Crippen molar-refractivity contribution in [3.8, 4) is 0 Å². The normalized spacial score (nSPS) is 12.7. The summed E-state index contributed by atoms with van der Waals surface area (Å²) in [6, 6.07) is -0.944. The molecule has 1 aromatic heterocycles. The number of H-pyrrole nitrogens is 1. The fraction of sp³-hybridized carbons (Fsp3) is 0.500. The lowest BCUT2D eigenvalue weighted by Crippen LogP contribution is -2.30. The number of nitrogens with one attached hydrogen (secondary N) is 1. The van der Waals surface area contributed by atoms with E-state index in [4.69, 9.17) is 10.8 Å². The van der Waals surface area contributed by atoms with E-state index >= 15 is 0 Å². The summed E-state index contributed by atoms with van der Waals surface area (Å²) in [6.45, 7) is 0. The smallest absolute Gasteiger partial charge is 0.438 e. The number of rotatable bonds is 4. The molecule has 7 nitrogen and oxygen atoms in total. The van der Waals surface area contributed by atoms with Gasteiger partial charge in [-0.05, 0) is 6.42 Å². The molecule has 13 heavy (non-hydrogen) atoms. The van der Waals surface area contributed by atoms with Crippen molar-refractivity contribution in [1.29, 1.82) is 0 Å². The van der Waals surface area contributed by atoms with Gasteiger partial charge in [0, 0.05) is 6.42 Å². The van der Waals surface area contributed by atoms with Crippen LogP contribution in [0.3, 0.4) is 0 Å². The number of aryl methyl sites for hydroxylation is 1. The highest BCUT2D eigenvalue weighted by Crippen LogP contribution is 1.96. The van der Waals surface area contributed by atoms with Gasteiger partial charge in [0.05, 0.1) is 0 Å². The van der Waals surface area contributed by atoms with E-state index in [1.54, 1.807) is 0 Å². The summed E-state index contributed by atoms with van der Waals surface area (Å²) in [5.74, 6) is -1.42. The van der Waals surface area contributed by atoms with Gasteiger partial charge in [0.2, 0.25) is 0 Å². The zero-order chi connectivity index (χ0) is 9.84. The Hall–Kier alpha value is -1.63. The van der Waals surface area contributed by atoms with Crippen LogP contribution in [-0.2, 0) is 11.2 Å². The van der Waals surface area contributed by atoms with Crippen molar-refractivity contribution in [3.05, 3.63) is 16.4 Å². The molecule has 1 rings (SSSR count). The quantitative estimate of drug-likeness (QED) is 0.538. The van der Waals surface area contributed by atoms with Crippen LogP contribution < -0.4 is 11.5 Å². The molecule has 0 bridgehead atoms. The molecule has 0 aliphatic heterocycles. The molecule has 0 aliphatic carbocycles. The Kier molecular flexibility index (Phi) is 2.80. The van der Waals surface area contributed by atoms with Crippen LogP contribution in [0.1, 0.15) is 12.2 Å². The van der Waals surface area contributed by atoms with Gasteiger partial charge in [0.15, 0.2) is 5.82 Å². The fourth-order valence-corrected chi connectivity index (χ4v) is 0.784. The number of aromatic nitrogens is 2. The van der Waals surface area contributed by atoms with Crippen LogP contribution in [0.2, 0.25) is 0 Å². The Morgan fingerprint density at radius 1 is 1.77 bits per heavy atom. The summed E-state index contributed by atoms with van der Waals surface area (Å²) < 4.78 is 4.21. The maximum atomic E-state index is 10.4. The lowest BCUT2D eigenvalue weighted by atomic mass is 10.2. The first-order chi connectivity index (χ1) is 6.09. The van der Waals surface area contributed by atoms with Gasteiger partial charge in [-0.1, -0.05) is 5.16 Å². The molecule has 7 heteroatoms. The molecule has 0 amide bonds. The molecule has 1 atom stereocenters. The van der Waals surface area contributed by atoms with Crippen molar-refractivity contribution in [2.24, 2.45) is 5.73 Å². The van der Waals surface area contributed by atoms with Gasteiger partial charge in [-0.15, -0.1) is 0 Å². The summed E-state index contributed by atoms with van der Waals surface area (Å²) >= 11 is 0. The van der Waals surface area contributed by atoms with Crippen LogP contribution in [-0.4, -0.2) is 27.3 Å². The third kappa shape index (κ3) is 2.71. The van der Waals surface area contributed by atoms with E-state index in [2.05, 4.69) is 14.7 Å². The number of hydrogen-bond donors (Lipinski definition) is 3. The van der Waals surface area contributed by atoms with Gasteiger partial charge in [0.1, 0.15) is 6.04 Å². The van der Waals surface area contributed by atoms with Crippen molar-refractivity contribution in [2.75, 3.05) is 0 Å². The van der Waals surface area contributed by atoms with Crippen LogP contribution in [0.5, 0.6) is 0 Å². The number of carboxylic acid groups (broad SMARTS) is 1. The van der Waals surface area contributed by atoms with Gasteiger partial charge < -0.3 is 10.8 Å². The molecule has 1 aromatic rings. The summed E-state index contributed by atoms with van der Waals surface area (Å²) in [5, 5.41) is 11.8. The summed E-state index contributed by atoms with van der Waals surface area (Å²) in [6.07, 6.45) is 0.483. The van der Waals surface area contributed by atoms with Crippen LogP contribution in [0.15, 0.2) is 9.32 Å². The average Bonchev–Trinajstić information content (AvgIpc) is 2.47. The fourth-order valence-electron chi connectivity index (χ4n) is 0.784. The van der Waals surface area contributed by atoms with Crippen LogP contribution in [0.4, 0.5) is 0 Å². The minimum absolute atomic E-state index is 0.206. The Labute approximate surface area is 72.5 Å². The topological polar surface area (TPSA) is 122 Å². The maximum Gasteiger partial charge on any atom is 0.438 e. The van der Waals surface area contributed by atoms with Crippen molar-refractivity contribution in [2.45, 2.75) is 18.9 Å². The lowest BCUT2D eigenvalue weighted by Gasteiger charge is -2.02. The Morgan fingerprint density at radius 3 is 2.92 bits per heavy atom. The van der Waals surface area contributed by atoms with E-state index in [-0.39, 0.29) is 12.8 Å². The molecule has 0 spiro atoms. The van der Waals surface area contributed by atoms with E-state index in [0.29, 0.717) is 5.82 Å². The first-order valence-electron chi connectivity index (χ1n) is 3.63. The van der Waals surface area contributed by atoms with E-state index in [1.807, 2.05) is 0 Å². The first kappa shape index (κ1) is 9.46. The zero-order valence-electron chi connectivity index (χ0n) is 6.69. The largest absolute Gasteiger partial charge is 0.480 e. The average molecular weight is 187 g/mol. The van der Waals surface area contributed by atoms with Gasteiger partial charge >= 0.3 is 11.7 Å². The molecule has 4 N–H and O–H groups in total. The highest BCUT2D eigenvalue weighted by molar-refractivity contribution is 5.72. The monoisotopic (exact) mass is 187 g/mol. The number of carbonyl (C=O) groups is 1. The van der Waals surface area contributed by atoms with Gasteiger partial charge in [0.25, 0.3) is 0 Å². The van der Waals surface area contributed by atoms with Crippen LogP contribution >= 0.6 is 0 Å². The van der Waals surface area contributed by atoms with E-state index in [1.165, 1.54) is 0 Å². The molecule has 0 saturated heterocycles. The molecular formula is C6H9N3O4. The molecule has 1 heterocycles. The van der Waals surface area contributed by atoms with E-state index in [0.717, 1.165) is 0 Å². The number of aromatic amines is 1. The summed E-state index contributed by atoms with van der Waals surface area (Å²) in [7, 11) is 0. The molecule has 0 saturated carbocycles. The third-order valence-electron chi connectivity index (χ3n) is 1.49. The number of hydrogen-bond acceptors (Lipinski definition) is 5. The molecule has 0 radical (unpaired) electrons. The minimum atomic E-state index is -1.08. The SMILES string of the molecule is NC(CCc1noc(=O)[nH]1)C(=O)O. The number of aliphatic carboxylic acids is 1. The summed E-state index contributed by atoms with van der Waals surface area (Å²) in [5.41, 5.74) is 5.22. The molecule has 1 unspecified atom stereocenters. The second kappa shape index (κ2) is 3.85. The molecule has 0 aromatic carbocycles. The zero-order valence-corrected chi connectivity index (χ0v) is 6.69. The van der Waals surface area contributed by atoms with Crippen LogP contribution in [0.25, 0.3) is 0 Å². The molecular weight excluding hydrogens is 178 g/mol. The Bertz CT molecular complexity index is 342. The van der Waals surface area contributed by atoms with Crippen molar-refractivity contribution in [1.82, 2.24) is 10.1 Å².